The smallest absolute Gasteiger partial charge is 0.146 e. The summed E-state index contributed by atoms with van der Waals surface area (Å²) in [6.07, 6.45) is 3.69. The maximum atomic E-state index is 13.9. The van der Waals surface area contributed by atoms with Crippen LogP contribution in [-0.4, -0.2) is 9.78 Å². The zero-order valence-corrected chi connectivity index (χ0v) is 13.8. The Morgan fingerprint density at radius 3 is 2.62 bits per heavy atom. The van der Waals surface area contributed by atoms with Crippen LogP contribution in [-0.2, 0) is 6.54 Å². The fourth-order valence-electron chi connectivity index (χ4n) is 2.09. The first-order valence-electron chi connectivity index (χ1n) is 6.35. The Balaban J connectivity index is 1.85. The van der Waals surface area contributed by atoms with E-state index in [-0.39, 0.29) is 10.8 Å². The van der Waals surface area contributed by atoms with Crippen LogP contribution in [0.5, 0.6) is 0 Å². The van der Waals surface area contributed by atoms with E-state index in [1.54, 1.807) is 29.1 Å². The highest BCUT2D eigenvalue weighted by molar-refractivity contribution is 14.1. The van der Waals surface area contributed by atoms with Gasteiger partial charge >= 0.3 is 0 Å². The molecule has 0 atom stereocenters. The topological polar surface area (TPSA) is 17.8 Å². The van der Waals surface area contributed by atoms with Gasteiger partial charge < -0.3 is 0 Å². The Bertz CT molecular complexity index is 768. The van der Waals surface area contributed by atoms with E-state index in [0.29, 0.717) is 12.1 Å². The van der Waals surface area contributed by atoms with Crippen molar-refractivity contribution in [3.63, 3.8) is 0 Å². The molecule has 106 valence electrons. The molecule has 0 aliphatic rings. The first kappa shape index (κ1) is 14.5. The van der Waals surface area contributed by atoms with Crippen molar-refractivity contribution in [1.82, 2.24) is 9.78 Å². The minimum atomic E-state index is -0.384. The number of benzene rings is 2. The maximum absolute atomic E-state index is 13.9. The van der Waals surface area contributed by atoms with Crippen molar-refractivity contribution in [3.05, 3.63) is 74.8 Å². The zero-order chi connectivity index (χ0) is 14.8. The zero-order valence-electron chi connectivity index (χ0n) is 10.9. The largest absolute Gasteiger partial charge is 0.268 e. The van der Waals surface area contributed by atoms with Crippen molar-refractivity contribution in [1.29, 1.82) is 0 Å². The van der Waals surface area contributed by atoms with Crippen molar-refractivity contribution in [3.8, 4) is 11.1 Å². The van der Waals surface area contributed by atoms with Crippen molar-refractivity contribution < 1.29 is 4.39 Å². The standard InChI is InChI=1S/C16H11ClFIN2/c17-15-3-1-2-12(16(15)18)9-21-10-13(8-20-21)11-4-6-14(19)7-5-11/h1-8,10H,9H2. The van der Waals surface area contributed by atoms with Crippen LogP contribution in [0.15, 0.2) is 54.9 Å². The predicted octanol–water partition coefficient (Wildman–Crippen LogP) is 5.00. The first-order valence-corrected chi connectivity index (χ1v) is 7.80. The lowest BCUT2D eigenvalue weighted by molar-refractivity contribution is 0.585. The Kier molecular flexibility index (Phi) is 4.26. The third-order valence-corrected chi connectivity index (χ3v) is 4.19. The summed E-state index contributed by atoms with van der Waals surface area (Å²) in [5.41, 5.74) is 2.63. The highest BCUT2D eigenvalue weighted by Crippen LogP contribution is 2.22. The molecule has 5 heteroatoms. The number of hydrogen-bond acceptors (Lipinski definition) is 1. The Hall–Kier alpha value is -1.40. The molecule has 0 saturated heterocycles. The second kappa shape index (κ2) is 6.15. The van der Waals surface area contributed by atoms with Crippen LogP contribution in [0.3, 0.4) is 0 Å². The molecule has 0 spiro atoms. The van der Waals surface area contributed by atoms with Gasteiger partial charge in [0.05, 0.1) is 17.8 Å². The fraction of sp³-hybridized carbons (Fsp3) is 0.0625. The number of hydrogen-bond donors (Lipinski definition) is 0. The molecule has 1 heterocycles. The van der Waals surface area contributed by atoms with E-state index < -0.39 is 0 Å². The monoisotopic (exact) mass is 412 g/mol. The molecule has 3 rings (SSSR count). The fourth-order valence-corrected chi connectivity index (χ4v) is 2.64. The predicted molar refractivity (Wildman–Crippen MR) is 90.9 cm³/mol. The van der Waals surface area contributed by atoms with E-state index in [4.69, 9.17) is 11.6 Å². The minimum Gasteiger partial charge on any atom is -0.268 e. The third kappa shape index (κ3) is 3.27. The number of aromatic nitrogens is 2. The van der Waals surface area contributed by atoms with E-state index in [1.807, 2.05) is 30.5 Å². The normalized spacial score (nSPS) is 10.8. The number of rotatable bonds is 3. The van der Waals surface area contributed by atoms with Gasteiger partial charge in [-0.3, -0.25) is 4.68 Å². The van der Waals surface area contributed by atoms with Crippen LogP contribution in [0.1, 0.15) is 5.56 Å². The number of nitrogens with zero attached hydrogens (tertiary/aromatic N) is 2. The lowest BCUT2D eigenvalue weighted by Gasteiger charge is -2.04. The molecule has 0 bridgehead atoms. The molecule has 2 aromatic carbocycles. The summed E-state index contributed by atoms with van der Waals surface area (Å²) < 4.78 is 16.8. The van der Waals surface area contributed by atoms with Gasteiger partial charge in [-0.2, -0.15) is 5.10 Å². The SMILES string of the molecule is Fc1c(Cl)cccc1Cn1cc(-c2ccc(I)cc2)cn1. The van der Waals surface area contributed by atoms with Gasteiger partial charge in [0.1, 0.15) is 5.82 Å². The Morgan fingerprint density at radius 1 is 1.10 bits per heavy atom. The molecule has 21 heavy (non-hydrogen) atoms. The van der Waals surface area contributed by atoms with Crippen LogP contribution in [0.2, 0.25) is 5.02 Å². The second-order valence-electron chi connectivity index (χ2n) is 4.65. The number of halogens is 3. The molecular weight excluding hydrogens is 402 g/mol. The van der Waals surface area contributed by atoms with Crippen LogP contribution < -0.4 is 0 Å². The van der Waals surface area contributed by atoms with Gasteiger partial charge in [0.2, 0.25) is 0 Å². The van der Waals surface area contributed by atoms with E-state index in [1.165, 1.54) is 3.57 Å². The molecule has 0 unspecified atom stereocenters. The van der Waals surface area contributed by atoms with Gasteiger partial charge in [0, 0.05) is 20.9 Å². The van der Waals surface area contributed by atoms with Gasteiger partial charge in [0.25, 0.3) is 0 Å². The average Bonchev–Trinajstić information content (AvgIpc) is 2.93. The summed E-state index contributed by atoms with van der Waals surface area (Å²) in [5.74, 6) is -0.384. The summed E-state index contributed by atoms with van der Waals surface area (Å²) in [6.45, 7) is 0.358. The van der Waals surface area contributed by atoms with E-state index in [0.717, 1.165) is 11.1 Å². The van der Waals surface area contributed by atoms with E-state index in [9.17, 15) is 4.39 Å². The molecule has 0 aliphatic heterocycles. The van der Waals surface area contributed by atoms with Gasteiger partial charge in [-0.15, -0.1) is 0 Å². The Morgan fingerprint density at radius 2 is 1.86 bits per heavy atom. The van der Waals surface area contributed by atoms with Crippen molar-refractivity contribution in [2.75, 3.05) is 0 Å². The van der Waals surface area contributed by atoms with Crippen molar-refractivity contribution in [2.45, 2.75) is 6.54 Å². The lowest BCUT2D eigenvalue weighted by Crippen LogP contribution is -2.02. The van der Waals surface area contributed by atoms with Crippen LogP contribution in [0.25, 0.3) is 11.1 Å². The summed E-state index contributed by atoms with van der Waals surface area (Å²) >= 11 is 8.06. The van der Waals surface area contributed by atoms with Gasteiger partial charge in [-0.25, -0.2) is 4.39 Å². The molecule has 0 aliphatic carbocycles. The van der Waals surface area contributed by atoms with E-state index in [2.05, 4.69) is 27.7 Å². The molecular formula is C16H11ClFIN2. The van der Waals surface area contributed by atoms with Crippen molar-refractivity contribution >= 4 is 34.2 Å². The van der Waals surface area contributed by atoms with E-state index >= 15 is 0 Å². The van der Waals surface area contributed by atoms with Crippen molar-refractivity contribution in [2.24, 2.45) is 0 Å². The highest BCUT2D eigenvalue weighted by Gasteiger charge is 2.08. The third-order valence-electron chi connectivity index (χ3n) is 3.17. The molecule has 0 radical (unpaired) electrons. The minimum absolute atomic E-state index is 0.137. The van der Waals surface area contributed by atoms with Gasteiger partial charge in [-0.1, -0.05) is 35.9 Å². The molecule has 0 saturated carbocycles. The lowest BCUT2D eigenvalue weighted by atomic mass is 10.1. The molecule has 1 aromatic heterocycles. The first-order chi connectivity index (χ1) is 10.1. The molecule has 3 aromatic rings. The summed E-state index contributed by atoms with van der Waals surface area (Å²) in [4.78, 5) is 0. The molecule has 0 N–H and O–H groups in total. The summed E-state index contributed by atoms with van der Waals surface area (Å²) in [7, 11) is 0. The molecule has 0 fully saturated rings. The quantitative estimate of drug-likeness (QED) is 0.554. The van der Waals surface area contributed by atoms with Crippen LogP contribution in [0, 0.1) is 9.39 Å². The second-order valence-corrected chi connectivity index (χ2v) is 6.30. The summed E-state index contributed by atoms with van der Waals surface area (Å²) in [5, 5.41) is 4.42. The van der Waals surface area contributed by atoms with Crippen LogP contribution in [0.4, 0.5) is 4.39 Å². The Labute approximate surface area is 140 Å². The summed E-state index contributed by atoms with van der Waals surface area (Å²) in [6, 6.07) is 13.2. The molecule has 2 nitrogen and oxygen atoms in total. The average molecular weight is 413 g/mol. The molecule has 0 amide bonds. The van der Waals surface area contributed by atoms with Gasteiger partial charge in [0.15, 0.2) is 0 Å². The van der Waals surface area contributed by atoms with Gasteiger partial charge in [-0.05, 0) is 46.4 Å². The maximum Gasteiger partial charge on any atom is 0.146 e. The van der Waals surface area contributed by atoms with Crippen LogP contribution >= 0.6 is 34.2 Å². The highest BCUT2D eigenvalue weighted by atomic mass is 127.